The van der Waals surface area contributed by atoms with Crippen LogP contribution < -0.4 is 4.74 Å². The largest absolute Gasteiger partial charge is 0.494 e. The molecule has 0 spiro atoms. The molecule has 0 aliphatic heterocycles. The Balaban J connectivity index is 3.02. The maximum atomic E-state index is 13.2. The molecule has 0 saturated heterocycles. The Bertz CT molecular complexity index is 387. The Morgan fingerprint density at radius 1 is 1.35 bits per heavy atom. The van der Waals surface area contributed by atoms with Gasteiger partial charge in [0.05, 0.1) is 13.2 Å². The fourth-order valence-electron chi connectivity index (χ4n) is 1.39. The number of benzene rings is 1. The molecule has 0 amide bonds. The van der Waals surface area contributed by atoms with Gasteiger partial charge < -0.3 is 14.9 Å². The van der Waals surface area contributed by atoms with Gasteiger partial charge >= 0.3 is 0 Å². The third kappa shape index (κ3) is 3.37. The zero-order valence-electron chi connectivity index (χ0n) is 9.16. The van der Waals surface area contributed by atoms with Crippen LogP contribution in [0.25, 0.3) is 0 Å². The lowest BCUT2D eigenvalue weighted by atomic mass is 10.0. The van der Waals surface area contributed by atoms with Gasteiger partial charge in [-0.25, -0.2) is 4.39 Å². The van der Waals surface area contributed by atoms with Crippen LogP contribution in [-0.4, -0.2) is 28.8 Å². The summed E-state index contributed by atoms with van der Waals surface area (Å²) >= 11 is 3.12. The van der Waals surface area contributed by atoms with Gasteiger partial charge in [-0.15, -0.1) is 0 Å². The van der Waals surface area contributed by atoms with Crippen LogP contribution in [0.3, 0.4) is 0 Å². The van der Waals surface area contributed by atoms with E-state index >= 15 is 0 Å². The Kier molecular flexibility index (Phi) is 5.30. The van der Waals surface area contributed by atoms with Gasteiger partial charge in [-0.2, -0.15) is 4.39 Å². The summed E-state index contributed by atoms with van der Waals surface area (Å²) in [6.07, 6.45) is -2.04. The number of alkyl halides is 1. The highest BCUT2D eigenvalue weighted by Gasteiger charge is 2.21. The van der Waals surface area contributed by atoms with Crippen LogP contribution in [-0.2, 0) is 0 Å². The summed E-state index contributed by atoms with van der Waals surface area (Å²) in [6, 6.07) is 2.01. The molecule has 96 valence electrons. The van der Waals surface area contributed by atoms with Gasteiger partial charge in [0, 0.05) is 5.33 Å². The zero-order chi connectivity index (χ0) is 13.0. The van der Waals surface area contributed by atoms with Crippen LogP contribution in [0.15, 0.2) is 12.1 Å². The first-order valence-electron chi connectivity index (χ1n) is 4.96. The second kappa shape index (κ2) is 6.28. The van der Waals surface area contributed by atoms with Crippen molar-refractivity contribution in [3.05, 3.63) is 29.3 Å². The molecule has 17 heavy (non-hydrogen) atoms. The van der Waals surface area contributed by atoms with Crippen LogP contribution >= 0.6 is 15.9 Å². The summed E-state index contributed by atoms with van der Waals surface area (Å²) in [5, 5.41) is 19.8. The van der Waals surface area contributed by atoms with Gasteiger partial charge in [0.1, 0.15) is 6.10 Å². The van der Waals surface area contributed by atoms with Gasteiger partial charge in [0.15, 0.2) is 11.6 Å². The van der Waals surface area contributed by atoms with E-state index in [2.05, 4.69) is 20.7 Å². The lowest BCUT2D eigenvalue weighted by Gasteiger charge is -2.18. The van der Waals surface area contributed by atoms with Crippen LogP contribution in [0.5, 0.6) is 5.75 Å². The van der Waals surface area contributed by atoms with Crippen molar-refractivity contribution in [2.75, 3.05) is 12.4 Å². The molecular weight excluding hydrogens is 298 g/mol. The summed E-state index contributed by atoms with van der Waals surface area (Å²) in [5.74, 6) is -2.53. The topological polar surface area (TPSA) is 49.7 Å². The normalized spacial score (nSPS) is 14.5. The maximum Gasteiger partial charge on any atom is 0.200 e. The molecule has 2 atom stereocenters. The highest BCUT2D eigenvalue weighted by atomic mass is 79.9. The zero-order valence-corrected chi connectivity index (χ0v) is 10.7. The quantitative estimate of drug-likeness (QED) is 0.819. The van der Waals surface area contributed by atoms with Crippen molar-refractivity contribution in [3.63, 3.8) is 0 Å². The van der Waals surface area contributed by atoms with Crippen LogP contribution in [0.2, 0.25) is 0 Å². The smallest absolute Gasteiger partial charge is 0.200 e. The summed E-state index contributed by atoms with van der Waals surface area (Å²) in [5.41, 5.74) is 0.0780. The van der Waals surface area contributed by atoms with Crippen molar-refractivity contribution in [1.82, 2.24) is 0 Å². The molecule has 0 aliphatic carbocycles. The van der Waals surface area contributed by atoms with Crippen molar-refractivity contribution in [3.8, 4) is 5.75 Å². The fourth-order valence-corrected chi connectivity index (χ4v) is 1.86. The lowest BCUT2D eigenvalue weighted by Crippen LogP contribution is -2.19. The van der Waals surface area contributed by atoms with E-state index in [1.807, 2.05) is 0 Å². The van der Waals surface area contributed by atoms with Gasteiger partial charge in [-0.05, 0) is 24.1 Å². The first-order chi connectivity index (χ1) is 8.01. The third-order valence-electron chi connectivity index (χ3n) is 2.35. The maximum absolute atomic E-state index is 13.2. The standard InChI is InChI=1S/C11H13BrF2O3/c1-17-9-5-6(4-7(13)10(9)14)11(16)8(15)2-3-12/h4-5,8,11,15-16H,2-3H2,1H3. The first-order valence-corrected chi connectivity index (χ1v) is 6.08. The molecule has 3 nitrogen and oxygen atoms in total. The molecule has 1 aromatic rings. The number of methoxy groups -OCH3 is 1. The second-order valence-electron chi connectivity index (χ2n) is 3.51. The van der Waals surface area contributed by atoms with E-state index in [1.165, 1.54) is 13.2 Å². The minimum Gasteiger partial charge on any atom is -0.494 e. The van der Waals surface area contributed by atoms with E-state index in [9.17, 15) is 19.0 Å². The van der Waals surface area contributed by atoms with Gasteiger partial charge in [0.25, 0.3) is 0 Å². The van der Waals surface area contributed by atoms with Crippen molar-refractivity contribution in [2.45, 2.75) is 18.6 Å². The molecule has 2 N–H and O–H groups in total. The van der Waals surface area contributed by atoms with E-state index in [0.717, 1.165) is 6.07 Å². The molecule has 6 heteroatoms. The Hall–Kier alpha value is -0.720. The third-order valence-corrected chi connectivity index (χ3v) is 2.81. The van der Waals surface area contributed by atoms with Crippen LogP contribution in [0.4, 0.5) is 8.78 Å². The van der Waals surface area contributed by atoms with E-state index < -0.39 is 23.8 Å². The van der Waals surface area contributed by atoms with Crippen molar-refractivity contribution in [1.29, 1.82) is 0 Å². The molecule has 0 radical (unpaired) electrons. The van der Waals surface area contributed by atoms with Gasteiger partial charge in [-0.3, -0.25) is 0 Å². The van der Waals surface area contributed by atoms with Crippen LogP contribution in [0, 0.1) is 11.6 Å². The molecule has 1 rings (SSSR count). The van der Waals surface area contributed by atoms with E-state index in [4.69, 9.17) is 0 Å². The van der Waals surface area contributed by atoms with E-state index in [-0.39, 0.29) is 11.3 Å². The SMILES string of the molecule is COc1cc(C(O)C(O)CCBr)cc(F)c1F. The first kappa shape index (κ1) is 14.3. The minimum absolute atomic E-state index is 0.0780. The van der Waals surface area contributed by atoms with Crippen LogP contribution in [0.1, 0.15) is 18.1 Å². The molecule has 1 aromatic carbocycles. The highest BCUT2D eigenvalue weighted by molar-refractivity contribution is 9.09. The number of halogens is 3. The highest BCUT2D eigenvalue weighted by Crippen LogP contribution is 2.27. The fraction of sp³-hybridized carbons (Fsp3) is 0.455. The number of hydrogen-bond acceptors (Lipinski definition) is 3. The van der Waals surface area contributed by atoms with E-state index in [0.29, 0.717) is 11.8 Å². The molecule has 0 bridgehead atoms. The Labute approximate surface area is 106 Å². The van der Waals surface area contributed by atoms with Crippen molar-refractivity contribution >= 4 is 15.9 Å². The van der Waals surface area contributed by atoms with Crippen molar-refractivity contribution in [2.24, 2.45) is 0 Å². The monoisotopic (exact) mass is 310 g/mol. The Morgan fingerprint density at radius 2 is 2.00 bits per heavy atom. The number of aliphatic hydroxyl groups excluding tert-OH is 2. The second-order valence-corrected chi connectivity index (χ2v) is 4.30. The average molecular weight is 311 g/mol. The van der Waals surface area contributed by atoms with Crippen molar-refractivity contribution < 1.29 is 23.7 Å². The molecule has 0 aliphatic rings. The molecular formula is C11H13BrF2O3. The van der Waals surface area contributed by atoms with Gasteiger partial charge in [0.2, 0.25) is 5.82 Å². The van der Waals surface area contributed by atoms with E-state index in [1.54, 1.807) is 0 Å². The van der Waals surface area contributed by atoms with Gasteiger partial charge in [-0.1, -0.05) is 15.9 Å². The predicted molar refractivity (Wildman–Crippen MR) is 62.3 cm³/mol. The molecule has 0 aromatic heterocycles. The number of rotatable bonds is 5. The summed E-state index contributed by atoms with van der Waals surface area (Å²) in [7, 11) is 1.20. The predicted octanol–water partition coefficient (Wildman–Crippen LogP) is 2.15. The molecule has 2 unspecified atom stereocenters. The Morgan fingerprint density at radius 3 is 2.53 bits per heavy atom. The molecule has 0 saturated carbocycles. The lowest BCUT2D eigenvalue weighted by molar-refractivity contribution is 0.0170. The number of ether oxygens (including phenoxy) is 1. The number of aliphatic hydroxyl groups is 2. The molecule has 0 fully saturated rings. The summed E-state index contributed by atoms with van der Waals surface area (Å²) in [4.78, 5) is 0. The molecule has 0 heterocycles. The summed E-state index contributed by atoms with van der Waals surface area (Å²) in [6.45, 7) is 0. The average Bonchev–Trinajstić information content (AvgIpc) is 2.31. The summed E-state index contributed by atoms with van der Waals surface area (Å²) < 4.78 is 31.0. The minimum atomic E-state index is -1.28. The number of hydrogen-bond donors (Lipinski definition) is 2.